The molecule has 1 fully saturated rings. The molecule has 0 amide bonds. The molecule has 3 aromatic rings. The Morgan fingerprint density at radius 3 is 2.37 bits per heavy atom. The molecule has 0 saturated heterocycles. The number of aromatic amines is 2. The summed E-state index contributed by atoms with van der Waals surface area (Å²) in [6.45, 7) is 0. The predicted octanol–water partition coefficient (Wildman–Crippen LogP) is 2.83. The largest absolute Gasteiger partial charge is 0.325 e. The first-order valence-corrected chi connectivity index (χ1v) is 9.49. The second-order valence-corrected chi connectivity index (χ2v) is 7.38. The summed E-state index contributed by atoms with van der Waals surface area (Å²) < 4.78 is 1.76. The van der Waals surface area contributed by atoms with E-state index in [4.69, 9.17) is 0 Å². The van der Waals surface area contributed by atoms with Gasteiger partial charge in [-0.2, -0.15) is 5.10 Å². The van der Waals surface area contributed by atoms with E-state index in [1.165, 1.54) is 5.56 Å². The van der Waals surface area contributed by atoms with Crippen molar-refractivity contribution in [2.24, 2.45) is 7.05 Å². The molecule has 0 atom stereocenters. The Kier molecular flexibility index (Phi) is 4.79. The topological polar surface area (TPSA) is 83.5 Å². The molecule has 0 radical (unpaired) electrons. The van der Waals surface area contributed by atoms with Crippen LogP contribution in [0.3, 0.4) is 0 Å². The lowest BCUT2D eigenvalue weighted by atomic mass is 9.76. The van der Waals surface area contributed by atoms with Crippen molar-refractivity contribution < 1.29 is 0 Å². The number of rotatable bonds is 4. The Morgan fingerprint density at radius 2 is 1.70 bits per heavy atom. The van der Waals surface area contributed by atoms with E-state index in [9.17, 15) is 9.59 Å². The molecule has 0 spiro atoms. The number of benzene rings is 1. The van der Waals surface area contributed by atoms with Crippen LogP contribution in [0.1, 0.15) is 60.0 Å². The minimum absolute atomic E-state index is 0.211. The molecule has 0 unspecified atom stereocenters. The fraction of sp³-hybridized carbons (Fsp3) is 0.381. The van der Waals surface area contributed by atoms with Gasteiger partial charge >= 0.3 is 5.69 Å². The van der Waals surface area contributed by atoms with Gasteiger partial charge in [0, 0.05) is 36.6 Å². The van der Waals surface area contributed by atoms with E-state index in [1.54, 1.807) is 10.9 Å². The van der Waals surface area contributed by atoms with E-state index in [-0.39, 0.29) is 11.5 Å². The van der Waals surface area contributed by atoms with Gasteiger partial charge in [-0.1, -0.05) is 30.3 Å². The number of H-pyrrole nitrogens is 2. The average molecular weight is 364 g/mol. The molecule has 2 heterocycles. The number of nitrogens with zero attached hydrogens (tertiary/aromatic N) is 2. The Hall–Kier alpha value is -2.89. The number of hydrogen-bond acceptors (Lipinski definition) is 3. The van der Waals surface area contributed by atoms with Crippen molar-refractivity contribution in [3.05, 3.63) is 85.9 Å². The molecule has 1 saturated carbocycles. The summed E-state index contributed by atoms with van der Waals surface area (Å²) in [7, 11) is 1.86. The van der Waals surface area contributed by atoms with Gasteiger partial charge in [0.25, 0.3) is 5.56 Å². The van der Waals surface area contributed by atoms with Crippen LogP contribution in [0.2, 0.25) is 0 Å². The Morgan fingerprint density at radius 1 is 1.00 bits per heavy atom. The summed E-state index contributed by atoms with van der Waals surface area (Å²) >= 11 is 0. The van der Waals surface area contributed by atoms with Crippen LogP contribution in [-0.4, -0.2) is 19.7 Å². The van der Waals surface area contributed by atoms with E-state index in [0.717, 1.165) is 37.1 Å². The van der Waals surface area contributed by atoms with Crippen LogP contribution < -0.4 is 11.2 Å². The van der Waals surface area contributed by atoms with E-state index >= 15 is 0 Å². The number of nitrogens with one attached hydrogen (secondary N) is 2. The lowest BCUT2D eigenvalue weighted by Gasteiger charge is -2.29. The van der Waals surface area contributed by atoms with Crippen molar-refractivity contribution in [2.45, 2.75) is 43.9 Å². The SMILES string of the molecule is Cn1nccc1Cc1c(C2CCC(c3ccccc3)CC2)[nH]c(=O)[nH]c1=O. The fourth-order valence-electron chi connectivity index (χ4n) is 4.25. The zero-order valence-electron chi connectivity index (χ0n) is 15.4. The van der Waals surface area contributed by atoms with Gasteiger partial charge in [-0.15, -0.1) is 0 Å². The van der Waals surface area contributed by atoms with Gasteiger partial charge in [-0.25, -0.2) is 4.79 Å². The minimum atomic E-state index is -0.422. The monoisotopic (exact) mass is 364 g/mol. The quantitative estimate of drug-likeness (QED) is 0.747. The first kappa shape index (κ1) is 17.5. The zero-order valence-corrected chi connectivity index (χ0v) is 15.4. The molecule has 2 N–H and O–H groups in total. The summed E-state index contributed by atoms with van der Waals surface area (Å²) in [6.07, 6.45) is 6.26. The van der Waals surface area contributed by atoms with Gasteiger partial charge < -0.3 is 4.98 Å². The highest BCUT2D eigenvalue weighted by molar-refractivity contribution is 5.27. The average Bonchev–Trinajstić information content (AvgIpc) is 3.09. The zero-order chi connectivity index (χ0) is 18.8. The minimum Gasteiger partial charge on any atom is -0.311 e. The number of hydrogen-bond donors (Lipinski definition) is 2. The van der Waals surface area contributed by atoms with Crippen LogP contribution in [0.4, 0.5) is 0 Å². The van der Waals surface area contributed by atoms with Crippen molar-refractivity contribution in [2.75, 3.05) is 0 Å². The second kappa shape index (κ2) is 7.39. The van der Waals surface area contributed by atoms with E-state index in [2.05, 4.69) is 39.3 Å². The van der Waals surface area contributed by atoms with Gasteiger partial charge in [-0.05, 0) is 49.1 Å². The summed E-state index contributed by atoms with van der Waals surface area (Å²) in [6, 6.07) is 12.5. The van der Waals surface area contributed by atoms with Crippen molar-refractivity contribution in [1.82, 2.24) is 19.7 Å². The van der Waals surface area contributed by atoms with Crippen molar-refractivity contribution in [1.29, 1.82) is 0 Å². The van der Waals surface area contributed by atoms with Crippen molar-refractivity contribution >= 4 is 0 Å². The van der Waals surface area contributed by atoms with E-state index < -0.39 is 5.69 Å². The maximum Gasteiger partial charge on any atom is 0.325 e. The van der Waals surface area contributed by atoms with Gasteiger partial charge in [0.15, 0.2) is 0 Å². The first-order valence-electron chi connectivity index (χ1n) is 9.49. The first-order chi connectivity index (χ1) is 13.1. The molecule has 0 bridgehead atoms. The third kappa shape index (κ3) is 3.65. The van der Waals surface area contributed by atoms with Crippen LogP contribution in [0.15, 0.2) is 52.2 Å². The summed E-state index contributed by atoms with van der Waals surface area (Å²) in [4.78, 5) is 29.8. The van der Waals surface area contributed by atoms with Gasteiger partial charge in [0.1, 0.15) is 0 Å². The van der Waals surface area contributed by atoms with Crippen LogP contribution in [0.25, 0.3) is 0 Å². The highest BCUT2D eigenvalue weighted by Gasteiger charge is 2.27. The highest BCUT2D eigenvalue weighted by Crippen LogP contribution is 2.40. The molecule has 1 aromatic carbocycles. The summed E-state index contributed by atoms with van der Waals surface area (Å²) in [5.74, 6) is 0.764. The molecule has 4 rings (SSSR count). The van der Waals surface area contributed by atoms with Gasteiger partial charge in [-0.3, -0.25) is 14.5 Å². The van der Waals surface area contributed by atoms with Crippen LogP contribution in [-0.2, 0) is 13.5 Å². The fourth-order valence-corrected chi connectivity index (χ4v) is 4.25. The third-order valence-electron chi connectivity index (χ3n) is 5.76. The lowest BCUT2D eigenvalue weighted by Crippen LogP contribution is -2.30. The molecule has 1 aliphatic rings. The van der Waals surface area contributed by atoms with Crippen molar-refractivity contribution in [3.8, 4) is 0 Å². The highest BCUT2D eigenvalue weighted by atomic mass is 16.2. The molecule has 1 aliphatic carbocycles. The van der Waals surface area contributed by atoms with Crippen LogP contribution in [0.5, 0.6) is 0 Å². The number of aromatic nitrogens is 4. The Bertz CT molecular complexity index is 1020. The second-order valence-electron chi connectivity index (χ2n) is 7.38. The summed E-state index contributed by atoms with van der Waals surface area (Å²) in [5.41, 5.74) is 3.07. The molecule has 140 valence electrons. The lowest BCUT2D eigenvalue weighted by molar-refractivity contribution is 0.388. The molecule has 27 heavy (non-hydrogen) atoms. The molecular weight excluding hydrogens is 340 g/mol. The molecule has 6 nitrogen and oxygen atoms in total. The van der Waals surface area contributed by atoms with Crippen LogP contribution >= 0.6 is 0 Å². The molecule has 0 aliphatic heterocycles. The third-order valence-corrected chi connectivity index (χ3v) is 5.76. The van der Waals surface area contributed by atoms with Gasteiger partial charge in [0.05, 0.1) is 0 Å². The Labute approximate surface area is 157 Å². The smallest absolute Gasteiger partial charge is 0.311 e. The molecular formula is C21H24N4O2. The Balaban J connectivity index is 1.59. The van der Waals surface area contributed by atoms with Crippen molar-refractivity contribution in [3.63, 3.8) is 0 Å². The summed E-state index contributed by atoms with van der Waals surface area (Å²) in [5, 5.41) is 4.18. The predicted molar refractivity (Wildman–Crippen MR) is 104 cm³/mol. The maximum absolute atomic E-state index is 12.5. The standard InChI is InChI=1S/C21H24N4O2/c1-25-17(11-12-22-25)13-18-19(23-21(27)24-20(18)26)16-9-7-15(8-10-16)14-5-3-2-4-6-14/h2-6,11-12,15-16H,7-10,13H2,1H3,(H2,23,24,26,27). The van der Waals surface area contributed by atoms with E-state index in [1.807, 2.05) is 19.2 Å². The van der Waals surface area contributed by atoms with Gasteiger partial charge in [0.2, 0.25) is 0 Å². The maximum atomic E-state index is 12.5. The molecule has 6 heteroatoms. The van der Waals surface area contributed by atoms with Crippen LogP contribution in [0, 0.1) is 0 Å². The molecule has 2 aromatic heterocycles. The number of aryl methyl sites for hydroxylation is 1. The normalized spacial score (nSPS) is 19.9. The van der Waals surface area contributed by atoms with E-state index in [0.29, 0.717) is 17.9 Å².